The van der Waals surface area contributed by atoms with Gasteiger partial charge in [0.05, 0.1) is 68.7 Å². The number of piperidine rings is 1. The molecule has 310 valence electrons. The van der Waals surface area contributed by atoms with Crippen molar-refractivity contribution in [3.63, 3.8) is 0 Å². The lowest BCUT2D eigenvalue weighted by Crippen LogP contribution is -2.29. The third kappa shape index (κ3) is 13.9. The number of aromatic nitrogens is 2. The number of ether oxygens (including phenoxy) is 3. The van der Waals surface area contributed by atoms with Gasteiger partial charge in [-0.25, -0.2) is 4.98 Å². The second-order valence-corrected chi connectivity index (χ2v) is 13.8. The Morgan fingerprint density at radius 1 is 0.845 bits per heavy atom. The molecule has 2 aromatic carbocycles. The largest absolute Gasteiger partial charge is 0.481 e. The SMILES string of the molecule is CN(CCOCCOCCOCCC(=O)O)Cc1cccc(C(=O)Nc2ccc(N3CCCCC3)cc2-c2cc(C(=O)NCc3cccc(C(F)(F)F)c3)ccn2)n1. The number of benzene rings is 2. The van der Waals surface area contributed by atoms with Crippen LogP contribution in [0.15, 0.2) is 79.0 Å². The predicted octanol–water partition coefficient (Wildman–Crippen LogP) is 6.29. The van der Waals surface area contributed by atoms with Crippen molar-refractivity contribution in [1.82, 2.24) is 20.2 Å². The minimum atomic E-state index is -4.49. The van der Waals surface area contributed by atoms with Crippen LogP contribution in [0.25, 0.3) is 11.3 Å². The molecule has 3 heterocycles. The second kappa shape index (κ2) is 21.9. The van der Waals surface area contributed by atoms with Crippen LogP contribution >= 0.6 is 0 Å². The molecule has 0 bridgehead atoms. The molecular formula is C42H49F3N6O7. The number of carboxylic acid groups (broad SMARTS) is 1. The number of hydrogen-bond donors (Lipinski definition) is 3. The number of alkyl halides is 3. The maximum atomic E-state index is 13.7. The van der Waals surface area contributed by atoms with E-state index in [4.69, 9.17) is 19.3 Å². The number of rotatable bonds is 21. The van der Waals surface area contributed by atoms with Crippen molar-refractivity contribution < 1.29 is 46.9 Å². The van der Waals surface area contributed by atoms with Gasteiger partial charge in [-0.3, -0.25) is 24.3 Å². The van der Waals surface area contributed by atoms with Crippen molar-refractivity contribution in [2.24, 2.45) is 0 Å². The average Bonchev–Trinajstić information content (AvgIpc) is 3.22. The number of pyridine rings is 2. The molecule has 4 aromatic rings. The van der Waals surface area contributed by atoms with E-state index in [1.165, 1.54) is 24.4 Å². The first-order chi connectivity index (χ1) is 28.0. The van der Waals surface area contributed by atoms with Crippen molar-refractivity contribution in [2.45, 2.75) is 44.9 Å². The van der Waals surface area contributed by atoms with Crippen LogP contribution in [-0.4, -0.2) is 104 Å². The number of carboxylic acids is 1. The van der Waals surface area contributed by atoms with Gasteiger partial charge >= 0.3 is 12.1 Å². The molecule has 13 nitrogen and oxygen atoms in total. The fourth-order valence-electron chi connectivity index (χ4n) is 6.22. The molecule has 1 fully saturated rings. The fourth-order valence-corrected chi connectivity index (χ4v) is 6.22. The first kappa shape index (κ1) is 43.7. The Hall–Kier alpha value is -5.42. The second-order valence-electron chi connectivity index (χ2n) is 13.8. The van der Waals surface area contributed by atoms with Crippen LogP contribution in [0, 0.1) is 0 Å². The number of amides is 2. The summed E-state index contributed by atoms with van der Waals surface area (Å²) >= 11 is 0. The van der Waals surface area contributed by atoms with E-state index < -0.39 is 29.5 Å². The quantitative estimate of drug-likeness (QED) is 0.0814. The molecule has 0 spiro atoms. The van der Waals surface area contributed by atoms with E-state index in [0.29, 0.717) is 74.3 Å². The maximum Gasteiger partial charge on any atom is 0.416 e. The normalized spacial score (nSPS) is 13.1. The number of nitrogens with zero attached hydrogens (tertiary/aromatic N) is 4. The van der Waals surface area contributed by atoms with Gasteiger partial charge in [0.15, 0.2) is 0 Å². The van der Waals surface area contributed by atoms with Crippen LogP contribution in [0.2, 0.25) is 0 Å². The van der Waals surface area contributed by atoms with E-state index in [1.54, 1.807) is 18.2 Å². The van der Waals surface area contributed by atoms with Crippen molar-refractivity contribution in [3.8, 4) is 11.3 Å². The number of carbonyl (C=O) groups excluding carboxylic acids is 2. The zero-order valence-electron chi connectivity index (χ0n) is 32.4. The number of hydrogen-bond acceptors (Lipinski definition) is 10. The molecule has 0 atom stereocenters. The number of likely N-dealkylation sites (N-methyl/N-ethyl adjacent to an activating group) is 1. The van der Waals surface area contributed by atoms with Crippen molar-refractivity contribution in [1.29, 1.82) is 0 Å². The molecule has 16 heteroatoms. The maximum absolute atomic E-state index is 13.7. The lowest BCUT2D eigenvalue weighted by atomic mass is 10.0. The van der Waals surface area contributed by atoms with Crippen LogP contribution in [0.5, 0.6) is 0 Å². The zero-order chi connectivity index (χ0) is 41.3. The van der Waals surface area contributed by atoms with E-state index in [0.717, 1.165) is 50.2 Å². The highest BCUT2D eigenvalue weighted by atomic mass is 19.4. The molecule has 5 rings (SSSR count). The van der Waals surface area contributed by atoms with Gasteiger partial charge in [-0.15, -0.1) is 0 Å². The monoisotopic (exact) mass is 806 g/mol. The lowest BCUT2D eigenvalue weighted by Gasteiger charge is -2.29. The first-order valence-corrected chi connectivity index (χ1v) is 19.2. The Morgan fingerprint density at radius 2 is 1.57 bits per heavy atom. The van der Waals surface area contributed by atoms with Crippen LogP contribution < -0.4 is 15.5 Å². The number of halogens is 3. The molecule has 1 saturated heterocycles. The van der Waals surface area contributed by atoms with E-state index in [9.17, 15) is 27.6 Å². The smallest absolute Gasteiger partial charge is 0.416 e. The number of carbonyl (C=O) groups is 3. The van der Waals surface area contributed by atoms with Gasteiger partial charge in [0.1, 0.15) is 5.69 Å². The Balaban J connectivity index is 1.20. The van der Waals surface area contributed by atoms with Gasteiger partial charge in [-0.05, 0) is 86.5 Å². The summed E-state index contributed by atoms with van der Waals surface area (Å²) in [5, 5.41) is 14.3. The highest BCUT2D eigenvalue weighted by Crippen LogP contribution is 2.33. The summed E-state index contributed by atoms with van der Waals surface area (Å²) in [5.41, 5.74) is 3.12. The van der Waals surface area contributed by atoms with Gasteiger partial charge in [-0.1, -0.05) is 18.2 Å². The third-order valence-electron chi connectivity index (χ3n) is 9.27. The Kier molecular flexibility index (Phi) is 16.5. The molecule has 0 aliphatic carbocycles. The van der Waals surface area contributed by atoms with Gasteiger partial charge < -0.3 is 34.9 Å². The van der Waals surface area contributed by atoms with Crippen LogP contribution in [0.4, 0.5) is 24.5 Å². The molecule has 1 aliphatic heterocycles. The molecule has 2 amide bonds. The number of aliphatic carboxylic acids is 1. The molecule has 3 N–H and O–H groups in total. The summed E-state index contributed by atoms with van der Waals surface area (Å²) in [4.78, 5) is 50.9. The van der Waals surface area contributed by atoms with Crippen LogP contribution in [0.1, 0.15) is 63.4 Å². The topological polar surface area (TPSA) is 155 Å². The van der Waals surface area contributed by atoms with E-state index in [2.05, 4.69) is 25.5 Å². The summed E-state index contributed by atoms with van der Waals surface area (Å²) in [6.45, 7) is 4.80. The highest BCUT2D eigenvalue weighted by Gasteiger charge is 2.30. The third-order valence-corrected chi connectivity index (χ3v) is 9.27. The van der Waals surface area contributed by atoms with Gasteiger partial charge in [-0.2, -0.15) is 13.2 Å². The Morgan fingerprint density at radius 3 is 2.31 bits per heavy atom. The standard InChI is InChI=1S/C42H49F3N6O7/c1-50(18-20-57-22-24-58-23-21-56-19-14-39(52)53)29-33-9-6-10-37(48-33)41(55)49-36-12-11-34(51-16-3-2-4-17-51)27-35(36)38-26-31(13-15-46-38)40(54)47-28-30-7-5-8-32(25-30)42(43,44)45/h5-13,15,25-27H,2-4,14,16-24,28-29H2,1H3,(H,47,54)(H,49,55)(H,52,53). The molecule has 2 aromatic heterocycles. The van der Waals surface area contributed by atoms with Crippen molar-refractivity contribution in [2.75, 3.05) is 76.5 Å². The summed E-state index contributed by atoms with van der Waals surface area (Å²) in [6.07, 6.45) is 0.217. The Bertz CT molecular complexity index is 1980. The molecule has 0 saturated carbocycles. The first-order valence-electron chi connectivity index (χ1n) is 19.2. The minimum Gasteiger partial charge on any atom is -0.481 e. The van der Waals surface area contributed by atoms with Crippen molar-refractivity contribution >= 4 is 29.2 Å². The zero-order valence-corrected chi connectivity index (χ0v) is 32.4. The van der Waals surface area contributed by atoms with Crippen LogP contribution in [-0.2, 0) is 38.3 Å². The molecule has 0 unspecified atom stereocenters. The van der Waals surface area contributed by atoms with Gasteiger partial charge in [0.25, 0.3) is 11.8 Å². The highest BCUT2D eigenvalue weighted by molar-refractivity contribution is 6.05. The summed E-state index contributed by atoms with van der Waals surface area (Å²) in [5.74, 6) is -1.82. The molecular weight excluding hydrogens is 757 g/mol. The van der Waals surface area contributed by atoms with Crippen LogP contribution in [0.3, 0.4) is 0 Å². The van der Waals surface area contributed by atoms with Gasteiger partial charge in [0.2, 0.25) is 0 Å². The average molecular weight is 807 g/mol. The van der Waals surface area contributed by atoms with Gasteiger partial charge in [0, 0.05) is 55.7 Å². The minimum absolute atomic E-state index is 0.0423. The van der Waals surface area contributed by atoms with E-state index in [-0.39, 0.29) is 30.8 Å². The predicted molar refractivity (Wildman–Crippen MR) is 212 cm³/mol. The molecule has 58 heavy (non-hydrogen) atoms. The van der Waals surface area contributed by atoms with E-state index in [1.807, 2.05) is 36.2 Å². The number of nitrogens with one attached hydrogen (secondary N) is 2. The fraction of sp³-hybridized carbons (Fsp3) is 0.405. The molecule has 1 aliphatic rings. The van der Waals surface area contributed by atoms with Crippen molar-refractivity contribution in [3.05, 3.63) is 107 Å². The summed E-state index contributed by atoms with van der Waals surface area (Å²) in [7, 11) is 1.92. The summed E-state index contributed by atoms with van der Waals surface area (Å²) in [6, 6.07) is 18.9. The lowest BCUT2D eigenvalue weighted by molar-refractivity contribution is -0.139. The summed E-state index contributed by atoms with van der Waals surface area (Å²) < 4.78 is 55.9. The Labute approximate surface area is 335 Å². The number of anilines is 2. The van der Waals surface area contributed by atoms with E-state index >= 15 is 0 Å². The molecule has 0 radical (unpaired) electrons.